The Morgan fingerprint density at radius 1 is 0.947 bits per heavy atom. The highest BCUT2D eigenvalue weighted by Gasteiger charge is 2.04. The van der Waals surface area contributed by atoms with Gasteiger partial charge in [0, 0.05) is 6.08 Å². The Bertz CT molecular complexity index is 583. The van der Waals surface area contributed by atoms with E-state index < -0.39 is 5.97 Å². The fraction of sp³-hybridized carbons (Fsp3) is 0.0625. The summed E-state index contributed by atoms with van der Waals surface area (Å²) in [7, 11) is 0. The molecule has 0 atom stereocenters. The van der Waals surface area contributed by atoms with E-state index in [0.29, 0.717) is 11.1 Å². The van der Waals surface area contributed by atoms with Crippen LogP contribution in [0.4, 0.5) is 0 Å². The van der Waals surface area contributed by atoms with Crippen molar-refractivity contribution < 1.29 is 15.0 Å². The number of rotatable bonds is 4. The Morgan fingerprint density at radius 2 is 1.53 bits per heavy atom. The molecule has 0 bridgehead atoms. The van der Waals surface area contributed by atoms with E-state index in [-0.39, 0.29) is 6.61 Å². The lowest BCUT2D eigenvalue weighted by molar-refractivity contribution is -0.131. The van der Waals surface area contributed by atoms with E-state index in [1.165, 1.54) is 0 Å². The molecule has 0 aromatic heterocycles. The lowest BCUT2D eigenvalue weighted by atomic mass is 10.0. The Morgan fingerprint density at radius 3 is 2.05 bits per heavy atom. The molecule has 2 aromatic rings. The van der Waals surface area contributed by atoms with Gasteiger partial charge in [-0.25, -0.2) is 4.79 Å². The summed E-state index contributed by atoms with van der Waals surface area (Å²) in [6.07, 6.45) is 1.03. The number of carbonyl (C=O) groups is 1. The van der Waals surface area contributed by atoms with Crippen molar-refractivity contribution in [1.29, 1.82) is 0 Å². The van der Waals surface area contributed by atoms with E-state index in [4.69, 9.17) is 5.11 Å². The molecule has 0 fully saturated rings. The third-order valence-electron chi connectivity index (χ3n) is 2.83. The van der Waals surface area contributed by atoms with Gasteiger partial charge in [-0.3, -0.25) is 0 Å². The molecule has 96 valence electrons. The molecule has 0 saturated carbocycles. The van der Waals surface area contributed by atoms with Crippen LogP contribution in [-0.4, -0.2) is 22.8 Å². The van der Waals surface area contributed by atoms with Crippen molar-refractivity contribution >= 4 is 11.5 Å². The minimum absolute atomic E-state index is 0.295. The molecule has 0 amide bonds. The average Bonchev–Trinajstić information content (AvgIpc) is 2.46. The zero-order chi connectivity index (χ0) is 13.7. The molecule has 0 heterocycles. The fourth-order valence-electron chi connectivity index (χ4n) is 1.88. The van der Waals surface area contributed by atoms with Crippen LogP contribution in [0.15, 0.2) is 60.7 Å². The summed E-state index contributed by atoms with van der Waals surface area (Å²) in [5, 5.41) is 17.9. The summed E-state index contributed by atoms with van der Waals surface area (Å²) in [5.74, 6) is -1.06. The van der Waals surface area contributed by atoms with Crippen molar-refractivity contribution in [2.75, 3.05) is 6.61 Å². The Labute approximate surface area is 111 Å². The molecule has 19 heavy (non-hydrogen) atoms. The molecule has 0 aliphatic carbocycles. The van der Waals surface area contributed by atoms with Crippen molar-refractivity contribution in [3.05, 3.63) is 66.2 Å². The topological polar surface area (TPSA) is 57.5 Å². The fourth-order valence-corrected chi connectivity index (χ4v) is 1.88. The van der Waals surface area contributed by atoms with Gasteiger partial charge < -0.3 is 10.2 Å². The minimum Gasteiger partial charge on any atom is -0.478 e. The number of hydrogen-bond donors (Lipinski definition) is 2. The van der Waals surface area contributed by atoms with Crippen LogP contribution in [0.3, 0.4) is 0 Å². The van der Waals surface area contributed by atoms with E-state index in [2.05, 4.69) is 0 Å². The van der Waals surface area contributed by atoms with Gasteiger partial charge in [-0.05, 0) is 22.3 Å². The summed E-state index contributed by atoms with van der Waals surface area (Å²) in [5.41, 5.74) is 3.26. The first-order valence-corrected chi connectivity index (χ1v) is 5.91. The molecular weight excluding hydrogens is 240 g/mol. The first-order valence-electron chi connectivity index (χ1n) is 5.91. The highest BCUT2D eigenvalue weighted by Crippen LogP contribution is 2.22. The third kappa shape index (κ3) is 3.30. The molecule has 0 aliphatic heterocycles. The summed E-state index contributed by atoms with van der Waals surface area (Å²) in [6, 6.07) is 17.4. The zero-order valence-electron chi connectivity index (χ0n) is 10.3. The van der Waals surface area contributed by atoms with Crippen LogP contribution in [0.2, 0.25) is 0 Å². The van der Waals surface area contributed by atoms with Crippen LogP contribution >= 0.6 is 0 Å². The van der Waals surface area contributed by atoms with Crippen LogP contribution in [0.1, 0.15) is 5.56 Å². The molecule has 0 unspecified atom stereocenters. The highest BCUT2D eigenvalue weighted by atomic mass is 16.4. The van der Waals surface area contributed by atoms with E-state index in [0.717, 1.165) is 17.2 Å². The van der Waals surface area contributed by atoms with Gasteiger partial charge in [0.1, 0.15) is 0 Å². The second-order valence-corrected chi connectivity index (χ2v) is 4.11. The van der Waals surface area contributed by atoms with Crippen molar-refractivity contribution in [2.24, 2.45) is 0 Å². The lowest BCUT2D eigenvalue weighted by Crippen LogP contribution is -1.96. The van der Waals surface area contributed by atoms with Gasteiger partial charge in [0.15, 0.2) is 0 Å². The number of carboxylic acids is 1. The molecule has 2 aromatic carbocycles. The third-order valence-corrected chi connectivity index (χ3v) is 2.83. The number of benzene rings is 2. The molecule has 0 spiro atoms. The van der Waals surface area contributed by atoms with Crippen LogP contribution < -0.4 is 0 Å². The monoisotopic (exact) mass is 254 g/mol. The molecule has 2 rings (SSSR count). The standard InChI is InChI=1S/C16H14O3/c17-11-15(10-16(18)19)14-8-6-13(7-9-14)12-4-2-1-3-5-12/h1-10,17H,11H2,(H,18,19)/b15-10+. The van der Waals surface area contributed by atoms with Crippen molar-refractivity contribution in [2.45, 2.75) is 0 Å². The van der Waals surface area contributed by atoms with E-state index in [9.17, 15) is 9.90 Å². The predicted molar refractivity (Wildman–Crippen MR) is 74.6 cm³/mol. The number of carboxylic acid groups (broad SMARTS) is 1. The van der Waals surface area contributed by atoms with Crippen LogP contribution in [0.5, 0.6) is 0 Å². The highest BCUT2D eigenvalue weighted by molar-refractivity contribution is 5.90. The van der Waals surface area contributed by atoms with Gasteiger partial charge in [-0.1, -0.05) is 54.6 Å². The van der Waals surface area contributed by atoms with Gasteiger partial charge in [-0.2, -0.15) is 0 Å². The lowest BCUT2D eigenvalue weighted by Gasteiger charge is -2.06. The van der Waals surface area contributed by atoms with Crippen LogP contribution in [-0.2, 0) is 4.79 Å². The van der Waals surface area contributed by atoms with Crippen LogP contribution in [0, 0.1) is 0 Å². The van der Waals surface area contributed by atoms with Gasteiger partial charge in [0.25, 0.3) is 0 Å². The normalized spacial score (nSPS) is 11.3. The van der Waals surface area contributed by atoms with E-state index >= 15 is 0 Å². The van der Waals surface area contributed by atoms with E-state index in [1.807, 2.05) is 54.6 Å². The molecule has 2 N–H and O–H groups in total. The maximum absolute atomic E-state index is 10.6. The van der Waals surface area contributed by atoms with Crippen LogP contribution in [0.25, 0.3) is 16.7 Å². The van der Waals surface area contributed by atoms with Crippen molar-refractivity contribution in [3.63, 3.8) is 0 Å². The maximum Gasteiger partial charge on any atom is 0.328 e. The largest absolute Gasteiger partial charge is 0.478 e. The van der Waals surface area contributed by atoms with Gasteiger partial charge >= 0.3 is 5.97 Å². The van der Waals surface area contributed by atoms with Crippen molar-refractivity contribution in [1.82, 2.24) is 0 Å². The second kappa shape index (κ2) is 5.98. The van der Waals surface area contributed by atoms with Crippen molar-refractivity contribution in [3.8, 4) is 11.1 Å². The quantitative estimate of drug-likeness (QED) is 0.825. The van der Waals surface area contributed by atoms with Gasteiger partial charge in [0.05, 0.1) is 6.61 Å². The zero-order valence-corrected chi connectivity index (χ0v) is 10.3. The number of hydrogen-bond acceptors (Lipinski definition) is 2. The first kappa shape index (κ1) is 13.1. The Balaban J connectivity index is 2.31. The summed E-state index contributed by atoms with van der Waals surface area (Å²) in [6.45, 7) is -0.295. The molecule has 0 saturated heterocycles. The summed E-state index contributed by atoms with van der Waals surface area (Å²) in [4.78, 5) is 10.6. The number of aliphatic hydroxyl groups excluding tert-OH is 1. The molecule has 3 nitrogen and oxygen atoms in total. The van der Waals surface area contributed by atoms with E-state index in [1.54, 1.807) is 0 Å². The molecule has 0 radical (unpaired) electrons. The minimum atomic E-state index is -1.06. The average molecular weight is 254 g/mol. The number of aliphatic hydroxyl groups is 1. The Kier molecular flexibility index (Phi) is 4.11. The maximum atomic E-state index is 10.6. The summed E-state index contributed by atoms with van der Waals surface area (Å²) < 4.78 is 0. The number of aliphatic carboxylic acids is 1. The van der Waals surface area contributed by atoms with Gasteiger partial charge in [-0.15, -0.1) is 0 Å². The second-order valence-electron chi connectivity index (χ2n) is 4.11. The summed E-state index contributed by atoms with van der Waals surface area (Å²) >= 11 is 0. The van der Waals surface area contributed by atoms with Gasteiger partial charge in [0.2, 0.25) is 0 Å². The Hall–Kier alpha value is -2.39. The predicted octanol–water partition coefficient (Wildman–Crippen LogP) is 2.81. The molecule has 3 heteroatoms. The first-order chi connectivity index (χ1) is 9.20. The molecular formula is C16H14O3. The molecule has 0 aliphatic rings. The smallest absolute Gasteiger partial charge is 0.328 e. The SMILES string of the molecule is O=C(O)/C=C(\CO)c1ccc(-c2ccccc2)cc1.